The summed E-state index contributed by atoms with van der Waals surface area (Å²) in [4.78, 5) is 14.7. The molecule has 1 aliphatic carbocycles. The Morgan fingerprint density at radius 2 is 1.93 bits per heavy atom. The molecule has 2 aliphatic rings. The summed E-state index contributed by atoms with van der Waals surface area (Å²) in [6.07, 6.45) is 3.49. The fourth-order valence-electron chi connectivity index (χ4n) is 4.47. The number of aliphatic hydroxyl groups is 1. The number of methoxy groups -OCH3 is 1. The summed E-state index contributed by atoms with van der Waals surface area (Å²) in [7, 11) is 1.62. The predicted molar refractivity (Wildman–Crippen MR) is 105 cm³/mol. The van der Waals surface area contributed by atoms with Crippen LogP contribution in [-0.2, 0) is 13.0 Å². The monoisotopic (exact) mass is 383 g/mol. The zero-order valence-electron chi connectivity index (χ0n) is 16.4. The molecule has 1 amide bonds. The molecular formula is C23H26FNO3. The number of fused-ring (bicyclic) bond motifs is 1. The van der Waals surface area contributed by atoms with Gasteiger partial charge in [0.05, 0.1) is 25.8 Å². The molecule has 2 aromatic rings. The number of rotatable bonds is 4. The highest BCUT2D eigenvalue weighted by Gasteiger charge is 2.39. The third-order valence-corrected chi connectivity index (χ3v) is 6.19. The van der Waals surface area contributed by atoms with Crippen molar-refractivity contribution in [1.82, 2.24) is 4.90 Å². The smallest absolute Gasteiger partial charge is 0.254 e. The number of benzene rings is 2. The van der Waals surface area contributed by atoms with Crippen molar-refractivity contribution >= 4 is 5.91 Å². The van der Waals surface area contributed by atoms with E-state index in [2.05, 4.69) is 0 Å². The number of hydrogen-bond donors (Lipinski definition) is 1. The van der Waals surface area contributed by atoms with Gasteiger partial charge in [-0.05, 0) is 61.1 Å². The standard InChI is InChI=1S/C23H26FNO3/c1-14-16(11-15-7-9-17(28-2)10-8-15)12-18-19(22(14)24)13-25(23(18)27)20-5-3-4-6-21(20)26/h7-10,12,20-21,26H,3-6,11,13H2,1-2H3/t20-,21-/m0/s1. The highest BCUT2D eigenvalue weighted by atomic mass is 19.1. The van der Waals surface area contributed by atoms with E-state index >= 15 is 4.39 Å². The summed E-state index contributed by atoms with van der Waals surface area (Å²) < 4.78 is 20.3. The SMILES string of the molecule is COc1ccc(Cc2cc3c(c(F)c2C)CN([C@H]2CCCC[C@@H]2O)C3=O)cc1. The summed E-state index contributed by atoms with van der Waals surface area (Å²) in [5, 5.41) is 10.3. The zero-order valence-corrected chi connectivity index (χ0v) is 16.4. The van der Waals surface area contributed by atoms with E-state index < -0.39 is 6.10 Å². The lowest BCUT2D eigenvalue weighted by Gasteiger charge is -2.35. The Kier molecular flexibility index (Phi) is 5.11. The number of carbonyl (C=O) groups is 1. The van der Waals surface area contributed by atoms with Gasteiger partial charge in [-0.25, -0.2) is 4.39 Å². The Balaban J connectivity index is 1.63. The Morgan fingerprint density at radius 3 is 2.61 bits per heavy atom. The lowest BCUT2D eigenvalue weighted by Crippen LogP contribution is -2.45. The molecule has 2 atom stereocenters. The van der Waals surface area contributed by atoms with Crippen LogP contribution in [0, 0.1) is 12.7 Å². The fraction of sp³-hybridized carbons (Fsp3) is 0.435. The summed E-state index contributed by atoms with van der Waals surface area (Å²) in [5.41, 5.74) is 3.37. The number of amides is 1. The molecule has 0 saturated heterocycles. The van der Waals surface area contributed by atoms with Gasteiger partial charge in [0.1, 0.15) is 11.6 Å². The molecule has 1 fully saturated rings. The van der Waals surface area contributed by atoms with E-state index in [0.29, 0.717) is 29.5 Å². The van der Waals surface area contributed by atoms with Crippen molar-refractivity contribution < 1.29 is 19.0 Å². The van der Waals surface area contributed by atoms with Crippen molar-refractivity contribution in [2.45, 2.75) is 57.7 Å². The lowest BCUT2D eigenvalue weighted by molar-refractivity contribution is 0.0190. The number of aliphatic hydroxyl groups excluding tert-OH is 1. The first-order valence-electron chi connectivity index (χ1n) is 9.92. The summed E-state index contributed by atoms with van der Waals surface area (Å²) in [5.74, 6) is 0.329. The molecule has 148 valence electrons. The highest BCUT2D eigenvalue weighted by molar-refractivity contribution is 5.99. The number of carbonyl (C=O) groups excluding carboxylic acids is 1. The average molecular weight is 383 g/mol. The first kappa shape index (κ1) is 18.9. The van der Waals surface area contributed by atoms with Crippen LogP contribution in [0.2, 0.25) is 0 Å². The van der Waals surface area contributed by atoms with Crippen molar-refractivity contribution in [3.63, 3.8) is 0 Å². The first-order chi connectivity index (χ1) is 13.5. The Morgan fingerprint density at radius 1 is 1.21 bits per heavy atom. The summed E-state index contributed by atoms with van der Waals surface area (Å²) >= 11 is 0. The number of hydrogen-bond acceptors (Lipinski definition) is 3. The molecular weight excluding hydrogens is 357 g/mol. The predicted octanol–water partition coefficient (Wildman–Crippen LogP) is 3.99. The largest absolute Gasteiger partial charge is 0.497 e. The second-order valence-corrected chi connectivity index (χ2v) is 7.88. The van der Waals surface area contributed by atoms with Crippen molar-refractivity contribution in [3.05, 3.63) is 64.0 Å². The molecule has 0 spiro atoms. The van der Waals surface area contributed by atoms with Gasteiger partial charge in [-0.2, -0.15) is 0 Å². The van der Waals surface area contributed by atoms with E-state index in [1.807, 2.05) is 30.3 Å². The van der Waals surface area contributed by atoms with E-state index in [1.165, 1.54) is 0 Å². The molecule has 0 aromatic heterocycles. The van der Waals surface area contributed by atoms with Crippen molar-refractivity contribution in [3.8, 4) is 5.75 Å². The molecule has 1 heterocycles. The van der Waals surface area contributed by atoms with E-state index in [1.54, 1.807) is 18.9 Å². The van der Waals surface area contributed by atoms with Gasteiger partial charge in [0.15, 0.2) is 0 Å². The molecule has 2 aromatic carbocycles. The molecule has 1 N–H and O–H groups in total. The van der Waals surface area contributed by atoms with Crippen LogP contribution in [0.1, 0.15) is 58.3 Å². The number of halogens is 1. The number of nitrogens with zero attached hydrogens (tertiary/aromatic N) is 1. The van der Waals surface area contributed by atoms with Gasteiger partial charge in [0.2, 0.25) is 0 Å². The van der Waals surface area contributed by atoms with Gasteiger partial charge in [-0.1, -0.05) is 25.0 Å². The molecule has 28 heavy (non-hydrogen) atoms. The Bertz CT molecular complexity index is 894. The van der Waals surface area contributed by atoms with E-state index in [4.69, 9.17) is 4.74 Å². The van der Waals surface area contributed by atoms with Gasteiger partial charge < -0.3 is 14.7 Å². The van der Waals surface area contributed by atoms with Gasteiger partial charge in [0.25, 0.3) is 5.91 Å². The molecule has 0 unspecified atom stereocenters. The van der Waals surface area contributed by atoms with Crippen LogP contribution in [0.15, 0.2) is 30.3 Å². The molecule has 1 saturated carbocycles. The first-order valence-corrected chi connectivity index (χ1v) is 9.92. The minimum atomic E-state index is -0.519. The van der Waals surface area contributed by atoms with Crippen molar-refractivity contribution in [1.29, 1.82) is 0 Å². The van der Waals surface area contributed by atoms with E-state index in [9.17, 15) is 9.90 Å². The van der Waals surface area contributed by atoms with Crippen LogP contribution in [0.3, 0.4) is 0 Å². The van der Waals surface area contributed by atoms with Gasteiger partial charge in [0, 0.05) is 11.1 Å². The van der Waals surface area contributed by atoms with Gasteiger partial charge >= 0.3 is 0 Å². The number of ether oxygens (including phenoxy) is 1. The van der Waals surface area contributed by atoms with E-state index in [0.717, 1.165) is 36.1 Å². The quantitative estimate of drug-likeness (QED) is 0.868. The van der Waals surface area contributed by atoms with E-state index in [-0.39, 0.29) is 24.3 Å². The molecule has 5 heteroatoms. The van der Waals surface area contributed by atoms with Crippen LogP contribution in [0.5, 0.6) is 5.75 Å². The van der Waals surface area contributed by atoms with Crippen LogP contribution >= 0.6 is 0 Å². The molecule has 0 radical (unpaired) electrons. The maximum atomic E-state index is 15.1. The van der Waals surface area contributed by atoms with Crippen LogP contribution in [0.4, 0.5) is 4.39 Å². The van der Waals surface area contributed by atoms with Crippen molar-refractivity contribution in [2.75, 3.05) is 7.11 Å². The Hall–Kier alpha value is -2.40. The minimum Gasteiger partial charge on any atom is -0.497 e. The van der Waals surface area contributed by atoms with Gasteiger partial charge in [-0.3, -0.25) is 4.79 Å². The Labute approximate surface area is 164 Å². The second-order valence-electron chi connectivity index (χ2n) is 7.88. The third-order valence-electron chi connectivity index (χ3n) is 6.19. The maximum Gasteiger partial charge on any atom is 0.254 e. The summed E-state index contributed by atoms with van der Waals surface area (Å²) in [6.45, 7) is 2.03. The molecule has 4 rings (SSSR count). The molecule has 1 aliphatic heterocycles. The fourth-order valence-corrected chi connectivity index (χ4v) is 4.47. The molecule has 0 bridgehead atoms. The van der Waals surface area contributed by atoms with Crippen LogP contribution < -0.4 is 4.74 Å². The second kappa shape index (κ2) is 7.55. The normalized spacial score (nSPS) is 21.7. The highest BCUT2D eigenvalue weighted by Crippen LogP contribution is 2.35. The average Bonchev–Trinajstić information content (AvgIpc) is 3.03. The zero-order chi connectivity index (χ0) is 19.8. The summed E-state index contributed by atoms with van der Waals surface area (Å²) in [6, 6.07) is 9.30. The molecule has 4 nitrogen and oxygen atoms in total. The van der Waals surface area contributed by atoms with Crippen molar-refractivity contribution in [2.24, 2.45) is 0 Å². The third kappa shape index (κ3) is 3.28. The minimum absolute atomic E-state index is 0.157. The topological polar surface area (TPSA) is 49.8 Å². The lowest BCUT2D eigenvalue weighted by atomic mass is 9.91. The van der Waals surface area contributed by atoms with Crippen LogP contribution in [0.25, 0.3) is 0 Å². The maximum absolute atomic E-state index is 15.1. The van der Waals surface area contributed by atoms with Crippen LogP contribution in [-0.4, -0.2) is 35.2 Å². The van der Waals surface area contributed by atoms with Gasteiger partial charge in [-0.15, -0.1) is 0 Å².